The Labute approximate surface area is 99.2 Å². The predicted molar refractivity (Wildman–Crippen MR) is 62.0 cm³/mol. The lowest BCUT2D eigenvalue weighted by molar-refractivity contribution is -0.127. The van der Waals surface area contributed by atoms with Crippen molar-refractivity contribution in [1.82, 2.24) is 4.90 Å². The molecular formula is C11H14N2O2S. The molecule has 5 heteroatoms. The van der Waals surface area contributed by atoms with Gasteiger partial charge >= 0.3 is 0 Å². The normalized spacial score (nSPS) is 9.81. The highest BCUT2D eigenvalue weighted by Crippen LogP contribution is 2.23. The van der Waals surface area contributed by atoms with Crippen LogP contribution in [-0.2, 0) is 4.79 Å². The Bertz CT molecular complexity index is 395. The number of thioether (sulfide) groups is 1. The van der Waals surface area contributed by atoms with Gasteiger partial charge in [-0.2, -0.15) is 5.26 Å². The number of rotatable bonds is 5. The highest BCUT2D eigenvalue weighted by atomic mass is 32.2. The van der Waals surface area contributed by atoms with Crippen LogP contribution in [0.5, 0.6) is 0 Å². The molecule has 0 spiro atoms. The highest BCUT2D eigenvalue weighted by Gasteiger charge is 2.10. The fraction of sp³-hybridized carbons (Fsp3) is 0.455. The molecular weight excluding hydrogens is 224 g/mol. The van der Waals surface area contributed by atoms with Crippen molar-refractivity contribution in [2.24, 2.45) is 0 Å². The molecule has 0 aliphatic carbocycles. The Morgan fingerprint density at radius 3 is 3.00 bits per heavy atom. The third-order valence-corrected chi connectivity index (χ3v) is 3.27. The van der Waals surface area contributed by atoms with Crippen molar-refractivity contribution in [1.29, 1.82) is 5.26 Å². The molecule has 0 fully saturated rings. The van der Waals surface area contributed by atoms with Crippen LogP contribution in [0.2, 0.25) is 0 Å². The molecule has 16 heavy (non-hydrogen) atoms. The Balaban J connectivity index is 2.36. The van der Waals surface area contributed by atoms with Crippen LogP contribution in [0.25, 0.3) is 0 Å². The first-order chi connectivity index (χ1) is 7.65. The Morgan fingerprint density at radius 2 is 2.44 bits per heavy atom. The van der Waals surface area contributed by atoms with E-state index >= 15 is 0 Å². The lowest BCUT2D eigenvalue weighted by atomic mass is 10.4. The van der Waals surface area contributed by atoms with Gasteiger partial charge in [-0.05, 0) is 13.0 Å². The standard InChI is InChI=1S/C11H14N2O2S/c1-9-10(4-7-15-9)16-8-11(14)13(2)6-3-5-12/h4,7H,3,6,8H2,1-2H3. The Kier molecular flexibility index (Phi) is 4.93. The van der Waals surface area contributed by atoms with E-state index in [1.54, 1.807) is 18.2 Å². The number of hydrogen-bond acceptors (Lipinski definition) is 4. The van der Waals surface area contributed by atoms with Crippen LogP contribution in [-0.4, -0.2) is 30.2 Å². The van der Waals surface area contributed by atoms with E-state index in [2.05, 4.69) is 0 Å². The molecule has 86 valence electrons. The second-order valence-electron chi connectivity index (χ2n) is 3.35. The molecule has 0 unspecified atom stereocenters. The van der Waals surface area contributed by atoms with Gasteiger partial charge in [-0.15, -0.1) is 11.8 Å². The molecule has 0 aliphatic rings. The van der Waals surface area contributed by atoms with Crippen LogP contribution in [0.4, 0.5) is 0 Å². The van der Waals surface area contributed by atoms with Crippen molar-refractivity contribution in [3.63, 3.8) is 0 Å². The zero-order valence-electron chi connectivity index (χ0n) is 9.40. The van der Waals surface area contributed by atoms with Gasteiger partial charge < -0.3 is 9.32 Å². The maximum Gasteiger partial charge on any atom is 0.232 e. The molecule has 4 nitrogen and oxygen atoms in total. The van der Waals surface area contributed by atoms with Crippen LogP contribution in [0.1, 0.15) is 12.2 Å². The molecule has 0 saturated heterocycles. The van der Waals surface area contributed by atoms with Gasteiger partial charge in [0, 0.05) is 18.5 Å². The Hall–Kier alpha value is -1.41. The molecule has 0 radical (unpaired) electrons. The van der Waals surface area contributed by atoms with Crippen molar-refractivity contribution in [3.05, 3.63) is 18.1 Å². The minimum atomic E-state index is 0.0286. The number of nitrogens with zero attached hydrogens (tertiary/aromatic N) is 2. The van der Waals surface area contributed by atoms with Gasteiger partial charge in [0.2, 0.25) is 5.91 Å². The third kappa shape index (κ3) is 3.63. The number of hydrogen-bond donors (Lipinski definition) is 0. The minimum absolute atomic E-state index is 0.0286. The summed E-state index contributed by atoms with van der Waals surface area (Å²) in [5.74, 6) is 1.24. The van der Waals surface area contributed by atoms with Crippen LogP contribution in [0.15, 0.2) is 21.6 Å². The second kappa shape index (κ2) is 6.23. The Morgan fingerprint density at radius 1 is 1.69 bits per heavy atom. The SMILES string of the molecule is Cc1occc1SCC(=O)N(C)CCC#N. The molecule has 1 aromatic heterocycles. The average Bonchev–Trinajstić information content (AvgIpc) is 2.68. The summed E-state index contributed by atoms with van der Waals surface area (Å²) in [6.07, 6.45) is 1.99. The zero-order chi connectivity index (χ0) is 12.0. The molecule has 0 saturated carbocycles. The van der Waals surface area contributed by atoms with Crippen LogP contribution >= 0.6 is 11.8 Å². The van der Waals surface area contributed by atoms with Gasteiger partial charge in [0.05, 0.1) is 24.5 Å². The topological polar surface area (TPSA) is 57.2 Å². The third-order valence-electron chi connectivity index (χ3n) is 2.15. The lowest BCUT2D eigenvalue weighted by Crippen LogP contribution is -2.29. The first-order valence-corrected chi connectivity index (χ1v) is 5.91. The lowest BCUT2D eigenvalue weighted by Gasteiger charge is -2.14. The quantitative estimate of drug-likeness (QED) is 0.737. The smallest absolute Gasteiger partial charge is 0.232 e. The fourth-order valence-electron chi connectivity index (χ4n) is 1.12. The van der Waals surface area contributed by atoms with Crippen LogP contribution < -0.4 is 0 Å². The molecule has 0 bridgehead atoms. The van der Waals surface area contributed by atoms with Gasteiger partial charge in [0.25, 0.3) is 0 Å². The van der Waals surface area contributed by atoms with E-state index in [9.17, 15) is 4.79 Å². The predicted octanol–water partition coefficient (Wildman–Crippen LogP) is 2.05. The average molecular weight is 238 g/mol. The van der Waals surface area contributed by atoms with Crippen LogP contribution in [0.3, 0.4) is 0 Å². The summed E-state index contributed by atoms with van der Waals surface area (Å²) in [6, 6.07) is 3.87. The summed E-state index contributed by atoms with van der Waals surface area (Å²) in [6.45, 7) is 2.35. The number of nitriles is 1. The molecule has 0 aromatic carbocycles. The van der Waals surface area contributed by atoms with E-state index in [0.29, 0.717) is 18.7 Å². The van der Waals surface area contributed by atoms with E-state index in [-0.39, 0.29) is 5.91 Å². The van der Waals surface area contributed by atoms with Gasteiger partial charge in [0.1, 0.15) is 5.76 Å². The first-order valence-electron chi connectivity index (χ1n) is 4.93. The van der Waals surface area contributed by atoms with E-state index < -0.39 is 0 Å². The fourth-order valence-corrected chi connectivity index (χ4v) is 2.02. The first kappa shape index (κ1) is 12.7. The number of amides is 1. The van der Waals surface area contributed by atoms with Crippen molar-refractivity contribution >= 4 is 17.7 Å². The maximum atomic E-state index is 11.6. The van der Waals surface area contributed by atoms with Crippen molar-refractivity contribution in [2.75, 3.05) is 19.3 Å². The molecule has 0 aliphatic heterocycles. The molecule has 1 heterocycles. The number of aryl methyl sites for hydroxylation is 1. The molecule has 0 atom stereocenters. The number of carbonyl (C=O) groups is 1. The van der Waals surface area contributed by atoms with Crippen LogP contribution in [0, 0.1) is 18.3 Å². The number of furan rings is 1. The summed E-state index contributed by atoms with van der Waals surface area (Å²) in [7, 11) is 1.71. The van der Waals surface area contributed by atoms with E-state index in [1.807, 2.05) is 19.1 Å². The van der Waals surface area contributed by atoms with Gasteiger partial charge in [-0.3, -0.25) is 4.79 Å². The second-order valence-corrected chi connectivity index (χ2v) is 4.37. The van der Waals surface area contributed by atoms with E-state index in [1.165, 1.54) is 11.8 Å². The van der Waals surface area contributed by atoms with Crippen molar-refractivity contribution in [2.45, 2.75) is 18.2 Å². The van der Waals surface area contributed by atoms with E-state index in [4.69, 9.17) is 9.68 Å². The highest BCUT2D eigenvalue weighted by molar-refractivity contribution is 8.00. The molecule has 0 N–H and O–H groups in total. The number of carbonyl (C=O) groups excluding carboxylic acids is 1. The van der Waals surface area contributed by atoms with Gasteiger partial charge in [0.15, 0.2) is 0 Å². The summed E-state index contributed by atoms with van der Waals surface area (Å²) in [4.78, 5) is 14.2. The molecule has 1 aromatic rings. The largest absolute Gasteiger partial charge is 0.468 e. The van der Waals surface area contributed by atoms with Crippen molar-refractivity contribution in [3.8, 4) is 6.07 Å². The van der Waals surface area contributed by atoms with Crippen molar-refractivity contribution < 1.29 is 9.21 Å². The monoisotopic (exact) mass is 238 g/mol. The van der Waals surface area contributed by atoms with E-state index in [0.717, 1.165) is 10.7 Å². The summed E-state index contributed by atoms with van der Waals surface area (Å²) < 4.78 is 5.13. The molecule has 1 amide bonds. The zero-order valence-corrected chi connectivity index (χ0v) is 10.2. The maximum absolute atomic E-state index is 11.6. The summed E-state index contributed by atoms with van der Waals surface area (Å²) in [5, 5.41) is 8.41. The minimum Gasteiger partial charge on any atom is -0.468 e. The van der Waals surface area contributed by atoms with Gasteiger partial charge in [-0.25, -0.2) is 0 Å². The summed E-state index contributed by atoms with van der Waals surface area (Å²) >= 11 is 1.46. The van der Waals surface area contributed by atoms with Gasteiger partial charge in [-0.1, -0.05) is 0 Å². The summed E-state index contributed by atoms with van der Waals surface area (Å²) in [5.41, 5.74) is 0. The molecule has 1 rings (SSSR count).